The SMILES string of the molecule is CC1=NN=C(CC(=O)N2CCC3(CC2)CN=C(NC(=O)c2nc(Cl)c(N)nc2N)N3)C1. The van der Waals surface area contributed by atoms with Gasteiger partial charge in [0.05, 0.1) is 24.2 Å². The molecule has 0 unspecified atom stereocenters. The maximum Gasteiger partial charge on any atom is 0.280 e. The smallest absolute Gasteiger partial charge is 0.280 e. The third kappa shape index (κ3) is 4.43. The molecule has 4 heterocycles. The molecule has 1 fully saturated rings. The van der Waals surface area contributed by atoms with Crippen molar-refractivity contribution in [3.8, 4) is 0 Å². The maximum atomic E-state index is 12.6. The lowest BCUT2D eigenvalue weighted by atomic mass is 9.88. The van der Waals surface area contributed by atoms with Crippen molar-refractivity contribution >= 4 is 52.4 Å². The van der Waals surface area contributed by atoms with Gasteiger partial charge in [-0.3, -0.25) is 19.9 Å². The number of nitrogens with zero attached hydrogens (tertiary/aromatic N) is 6. The van der Waals surface area contributed by atoms with Crippen LogP contribution in [0, 0.1) is 0 Å². The molecule has 0 aromatic carbocycles. The number of aliphatic imine (C=N–C) groups is 1. The van der Waals surface area contributed by atoms with Crippen molar-refractivity contribution in [1.29, 1.82) is 0 Å². The summed E-state index contributed by atoms with van der Waals surface area (Å²) in [6.45, 7) is 3.59. The number of carbonyl (C=O) groups excluding carboxylic acids is 2. The first-order valence-electron chi connectivity index (χ1n) is 9.84. The van der Waals surface area contributed by atoms with Crippen LogP contribution in [0.1, 0.15) is 43.1 Å². The van der Waals surface area contributed by atoms with Crippen LogP contribution in [-0.2, 0) is 4.79 Å². The van der Waals surface area contributed by atoms with Gasteiger partial charge in [0.15, 0.2) is 28.4 Å². The van der Waals surface area contributed by atoms with E-state index in [-0.39, 0.29) is 33.9 Å². The van der Waals surface area contributed by atoms with E-state index in [2.05, 4.69) is 35.8 Å². The van der Waals surface area contributed by atoms with Crippen molar-refractivity contribution in [3.05, 3.63) is 10.8 Å². The fourth-order valence-corrected chi connectivity index (χ4v) is 3.91. The van der Waals surface area contributed by atoms with Gasteiger partial charge in [-0.2, -0.15) is 10.2 Å². The molecule has 1 spiro atoms. The second-order valence-corrected chi connectivity index (χ2v) is 8.25. The Balaban J connectivity index is 1.29. The van der Waals surface area contributed by atoms with Crippen LogP contribution in [0.4, 0.5) is 11.6 Å². The molecule has 12 nitrogen and oxygen atoms in total. The van der Waals surface area contributed by atoms with E-state index in [0.29, 0.717) is 51.3 Å². The van der Waals surface area contributed by atoms with Crippen LogP contribution in [0.15, 0.2) is 15.2 Å². The Hall–Kier alpha value is -3.28. The molecule has 3 aliphatic heterocycles. The average molecular weight is 447 g/mol. The van der Waals surface area contributed by atoms with E-state index in [4.69, 9.17) is 23.1 Å². The van der Waals surface area contributed by atoms with E-state index in [0.717, 1.165) is 11.4 Å². The first kappa shape index (κ1) is 21.0. The topological polar surface area (TPSA) is 176 Å². The number of hydrogen-bond donors (Lipinski definition) is 4. The monoisotopic (exact) mass is 446 g/mol. The highest BCUT2D eigenvalue weighted by molar-refractivity contribution is 6.31. The van der Waals surface area contributed by atoms with Gasteiger partial charge in [0.25, 0.3) is 5.91 Å². The molecular formula is C18H23ClN10O2. The number of nitrogens with one attached hydrogen (secondary N) is 2. The van der Waals surface area contributed by atoms with Crippen LogP contribution >= 0.6 is 11.6 Å². The zero-order valence-corrected chi connectivity index (χ0v) is 17.7. The molecule has 6 N–H and O–H groups in total. The summed E-state index contributed by atoms with van der Waals surface area (Å²) in [7, 11) is 0. The van der Waals surface area contributed by atoms with E-state index >= 15 is 0 Å². The molecule has 4 rings (SSSR count). The zero-order chi connectivity index (χ0) is 22.2. The minimum absolute atomic E-state index is 0.0463. The molecule has 0 aliphatic carbocycles. The number of anilines is 2. The quantitative estimate of drug-likeness (QED) is 0.503. The Morgan fingerprint density at radius 2 is 1.94 bits per heavy atom. The number of aromatic nitrogens is 2. The van der Waals surface area contributed by atoms with E-state index in [9.17, 15) is 9.59 Å². The normalized spacial score (nSPS) is 19.5. The highest BCUT2D eigenvalue weighted by Crippen LogP contribution is 2.26. The van der Waals surface area contributed by atoms with Crippen molar-refractivity contribution in [1.82, 2.24) is 25.5 Å². The number of nitrogen functional groups attached to an aromatic ring is 2. The van der Waals surface area contributed by atoms with Crippen LogP contribution in [0.5, 0.6) is 0 Å². The summed E-state index contributed by atoms with van der Waals surface area (Å²) >= 11 is 5.84. The van der Waals surface area contributed by atoms with Crippen LogP contribution in [0.2, 0.25) is 5.15 Å². The summed E-state index contributed by atoms with van der Waals surface area (Å²) in [5.74, 6) is -0.369. The molecular weight excluding hydrogens is 424 g/mol. The third-order valence-electron chi connectivity index (χ3n) is 5.53. The van der Waals surface area contributed by atoms with Gasteiger partial charge in [0.2, 0.25) is 5.91 Å². The van der Waals surface area contributed by atoms with Crippen LogP contribution < -0.4 is 22.1 Å². The fourth-order valence-electron chi connectivity index (χ4n) is 3.78. The number of guanidine groups is 1. The molecule has 1 saturated heterocycles. The van der Waals surface area contributed by atoms with Crippen LogP contribution in [-0.4, -0.2) is 69.2 Å². The van der Waals surface area contributed by atoms with Crippen molar-refractivity contribution in [2.45, 2.75) is 38.1 Å². The maximum absolute atomic E-state index is 12.6. The van der Waals surface area contributed by atoms with Gasteiger partial charge in [-0.25, -0.2) is 9.97 Å². The molecule has 1 aromatic heterocycles. The number of amides is 2. The van der Waals surface area contributed by atoms with Crippen molar-refractivity contribution in [2.24, 2.45) is 15.2 Å². The highest BCUT2D eigenvalue weighted by atomic mass is 35.5. The lowest BCUT2D eigenvalue weighted by Gasteiger charge is -2.39. The van der Waals surface area contributed by atoms with E-state index in [1.54, 1.807) is 0 Å². The van der Waals surface area contributed by atoms with Crippen molar-refractivity contribution in [2.75, 3.05) is 31.1 Å². The molecule has 0 radical (unpaired) electrons. The molecule has 164 valence electrons. The van der Waals surface area contributed by atoms with Gasteiger partial charge in [0, 0.05) is 25.2 Å². The van der Waals surface area contributed by atoms with Gasteiger partial charge in [-0.1, -0.05) is 11.6 Å². The number of likely N-dealkylation sites (tertiary alicyclic amines) is 1. The molecule has 0 saturated carbocycles. The lowest BCUT2D eigenvalue weighted by Crippen LogP contribution is -2.57. The number of carbonyl (C=O) groups is 2. The van der Waals surface area contributed by atoms with Crippen molar-refractivity contribution in [3.63, 3.8) is 0 Å². The summed E-state index contributed by atoms with van der Waals surface area (Å²) in [5.41, 5.74) is 12.6. The summed E-state index contributed by atoms with van der Waals surface area (Å²) in [6.07, 6.45) is 2.38. The lowest BCUT2D eigenvalue weighted by molar-refractivity contribution is -0.131. The van der Waals surface area contributed by atoms with Crippen LogP contribution in [0.3, 0.4) is 0 Å². The summed E-state index contributed by atoms with van der Waals surface area (Å²) in [4.78, 5) is 39.0. The summed E-state index contributed by atoms with van der Waals surface area (Å²) < 4.78 is 0. The Morgan fingerprint density at radius 1 is 1.19 bits per heavy atom. The Bertz CT molecular complexity index is 1030. The van der Waals surface area contributed by atoms with Crippen molar-refractivity contribution < 1.29 is 9.59 Å². The number of hydrogen-bond acceptors (Lipinski definition) is 10. The molecule has 13 heteroatoms. The Morgan fingerprint density at radius 3 is 2.61 bits per heavy atom. The van der Waals surface area contributed by atoms with Gasteiger partial charge in [-0.15, -0.1) is 0 Å². The number of piperidine rings is 1. The first-order chi connectivity index (χ1) is 14.7. The zero-order valence-electron chi connectivity index (χ0n) is 17.0. The number of halogens is 1. The average Bonchev–Trinajstić information content (AvgIpc) is 3.31. The molecule has 1 aromatic rings. The third-order valence-corrected chi connectivity index (χ3v) is 5.80. The summed E-state index contributed by atoms with van der Waals surface area (Å²) in [6, 6.07) is 0. The molecule has 3 aliphatic rings. The van der Waals surface area contributed by atoms with E-state index in [1.165, 1.54) is 0 Å². The predicted molar refractivity (Wildman–Crippen MR) is 117 cm³/mol. The second-order valence-electron chi connectivity index (χ2n) is 7.89. The molecule has 2 amide bonds. The standard InChI is InChI=1S/C18H23ClN10O2/c1-9-6-10(28-27-9)7-11(30)29-4-2-18(3-5-29)8-22-17(26-18)25-16(31)12-14(20)24-15(21)13(19)23-12/h2-8H2,1H3,(H4,20,21,24)(H2,22,25,26,31). The first-order valence-corrected chi connectivity index (χ1v) is 10.2. The van der Waals surface area contributed by atoms with Crippen LogP contribution in [0.25, 0.3) is 0 Å². The van der Waals surface area contributed by atoms with Gasteiger partial charge in [0.1, 0.15) is 0 Å². The number of rotatable bonds is 3. The Kier molecular flexibility index (Phi) is 5.48. The minimum atomic E-state index is -0.585. The molecule has 0 atom stereocenters. The number of nitrogens with two attached hydrogens (primary N) is 2. The van der Waals surface area contributed by atoms with Gasteiger partial charge in [-0.05, 0) is 19.8 Å². The largest absolute Gasteiger partial charge is 0.382 e. The summed E-state index contributed by atoms with van der Waals surface area (Å²) in [5, 5.41) is 13.9. The van der Waals surface area contributed by atoms with Gasteiger partial charge >= 0.3 is 0 Å². The molecule has 0 bridgehead atoms. The van der Waals surface area contributed by atoms with E-state index in [1.807, 2.05) is 11.8 Å². The fraction of sp³-hybridized carbons (Fsp3) is 0.500. The predicted octanol–water partition coefficient (Wildman–Crippen LogP) is -0.0447. The van der Waals surface area contributed by atoms with E-state index < -0.39 is 5.91 Å². The highest BCUT2D eigenvalue weighted by Gasteiger charge is 2.40. The van der Waals surface area contributed by atoms with Gasteiger partial charge < -0.3 is 21.7 Å². The molecule has 31 heavy (non-hydrogen) atoms. The Labute approximate surface area is 183 Å². The minimum Gasteiger partial charge on any atom is -0.382 e. The second kappa shape index (κ2) is 8.10.